The highest BCUT2D eigenvalue weighted by atomic mass is 32.2. The van der Waals surface area contributed by atoms with Gasteiger partial charge in [0.25, 0.3) is 5.91 Å². The van der Waals surface area contributed by atoms with Gasteiger partial charge in [-0.05, 0) is 43.3 Å². The Balaban J connectivity index is 1.71. The van der Waals surface area contributed by atoms with E-state index in [9.17, 15) is 14.4 Å². The molecule has 0 unspecified atom stereocenters. The summed E-state index contributed by atoms with van der Waals surface area (Å²) >= 11 is 6.35. The number of carboxylic acids is 1. The van der Waals surface area contributed by atoms with Gasteiger partial charge in [-0.25, -0.2) is 4.79 Å². The zero-order valence-electron chi connectivity index (χ0n) is 14.0. The molecule has 138 valence electrons. The monoisotopic (exact) mass is 402 g/mol. The van der Waals surface area contributed by atoms with Gasteiger partial charge >= 0.3 is 5.97 Å². The molecule has 1 saturated heterocycles. The maximum absolute atomic E-state index is 12.6. The molecule has 2 amide bonds. The predicted molar refractivity (Wildman–Crippen MR) is 105 cm³/mol. The molecular formula is C18H14N2O5S2. The Morgan fingerprint density at radius 1 is 1.30 bits per heavy atom. The Kier molecular flexibility index (Phi) is 5.43. The molecule has 9 heteroatoms. The van der Waals surface area contributed by atoms with Gasteiger partial charge in [0.15, 0.2) is 0 Å². The number of thioether (sulfide) groups is 1. The van der Waals surface area contributed by atoms with Crippen LogP contribution in [0.1, 0.15) is 23.0 Å². The minimum atomic E-state index is -1.05. The van der Waals surface area contributed by atoms with Crippen molar-refractivity contribution in [3.8, 4) is 0 Å². The average Bonchev–Trinajstić information content (AvgIpc) is 3.23. The molecule has 1 fully saturated rings. The summed E-state index contributed by atoms with van der Waals surface area (Å²) in [5.41, 5.74) is 0.537. The number of nitrogens with one attached hydrogen (secondary N) is 1. The number of amides is 2. The van der Waals surface area contributed by atoms with Crippen molar-refractivity contribution in [2.45, 2.75) is 13.0 Å². The average molecular weight is 402 g/mol. The molecule has 1 atom stereocenters. The van der Waals surface area contributed by atoms with Crippen LogP contribution in [-0.4, -0.2) is 38.2 Å². The Hall–Kier alpha value is -2.91. The van der Waals surface area contributed by atoms with Gasteiger partial charge in [0.2, 0.25) is 5.91 Å². The van der Waals surface area contributed by atoms with Crippen molar-refractivity contribution < 1.29 is 23.9 Å². The molecule has 1 aliphatic rings. The van der Waals surface area contributed by atoms with Crippen molar-refractivity contribution in [2.24, 2.45) is 0 Å². The Morgan fingerprint density at radius 3 is 2.59 bits per heavy atom. The second-order valence-corrected chi connectivity index (χ2v) is 7.29. The van der Waals surface area contributed by atoms with Crippen molar-refractivity contribution in [3.63, 3.8) is 0 Å². The Labute approximate surface area is 164 Å². The van der Waals surface area contributed by atoms with E-state index >= 15 is 0 Å². The van der Waals surface area contributed by atoms with Gasteiger partial charge in [-0.2, -0.15) is 0 Å². The van der Waals surface area contributed by atoms with E-state index in [-0.39, 0.29) is 15.8 Å². The van der Waals surface area contributed by atoms with Crippen molar-refractivity contribution in [2.75, 3.05) is 5.32 Å². The zero-order chi connectivity index (χ0) is 19.6. The van der Waals surface area contributed by atoms with Crippen LogP contribution in [-0.2, 0) is 9.59 Å². The molecule has 1 aromatic heterocycles. The first-order valence-electron chi connectivity index (χ1n) is 7.81. The predicted octanol–water partition coefficient (Wildman–Crippen LogP) is 3.21. The van der Waals surface area contributed by atoms with Crippen LogP contribution in [0, 0.1) is 0 Å². The molecule has 1 aliphatic heterocycles. The highest BCUT2D eigenvalue weighted by Crippen LogP contribution is 2.34. The Morgan fingerprint density at radius 2 is 2.00 bits per heavy atom. The fourth-order valence-corrected chi connectivity index (χ4v) is 3.78. The number of benzene rings is 1. The van der Waals surface area contributed by atoms with Crippen LogP contribution in [0.5, 0.6) is 0 Å². The minimum absolute atomic E-state index is 0.112. The summed E-state index contributed by atoms with van der Waals surface area (Å²) in [6.45, 7) is 1.57. The van der Waals surface area contributed by atoms with E-state index in [1.54, 1.807) is 25.1 Å². The fraction of sp³-hybridized carbons (Fsp3) is 0.111. The molecule has 1 aromatic carbocycles. The molecule has 7 nitrogen and oxygen atoms in total. The maximum atomic E-state index is 12.6. The molecular weight excluding hydrogens is 388 g/mol. The molecule has 0 saturated carbocycles. The standard InChI is InChI=1S/C18H14N2O5S2/c1-10(15(21)19-12-6-4-11(5-7-12)17(23)24)20-16(22)14(27-18(20)26)9-13-3-2-8-25-13/h2-10H,1H3,(H,19,21)(H,23,24)/b14-9+/t10-/m1/s1. The van der Waals surface area contributed by atoms with Crippen molar-refractivity contribution >= 4 is 57.8 Å². The molecule has 0 bridgehead atoms. The number of anilines is 1. The smallest absolute Gasteiger partial charge is 0.335 e. The van der Waals surface area contributed by atoms with E-state index in [2.05, 4.69) is 5.32 Å². The van der Waals surface area contributed by atoms with E-state index in [0.717, 1.165) is 11.8 Å². The second kappa shape index (κ2) is 7.77. The topological polar surface area (TPSA) is 99.9 Å². The number of carbonyl (C=O) groups excluding carboxylic acids is 2. The normalized spacial score (nSPS) is 16.6. The zero-order valence-corrected chi connectivity index (χ0v) is 15.7. The molecule has 2 heterocycles. The third-order valence-corrected chi connectivity index (χ3v) is 5.14. The number of hydrogen-bond acceptors (Lipinski definition) is 6. The van der Waals surface area contributed by atoms with Crippen molar-refractivity contribution in [1.82, 2.24) is 4.90 Å². The molecule has 2 N–H and O–H groups in total. The van der Waals surface area contributed by atoms with Crippen molar-refractivity contribution in [3.05, 3.63) is 58.9 Å². The minimum Gasteiger partial charge on any atom is -0.478 e. The lowest BCUT2D eigenvalue weighted by Gasteiger charge is -2.22. The van der Waals surface area contributed by atoms with Gasteiger partial charge in [0.05, 0.1) is 16.7 Å². The van der Waals surface area contributed by atoms with Crippen molar-refractivity contribution in [1.29, 1.82) is 0 Å². The summed E-state index contributed by atoms with van der Waals surface area (Å²) in [4.78, 5) is 37.6. The number of rotatable bonds is 5. The van der Waals surface area contributed by atoms with Gasteiger partial charge in [0, 0.05) is 11.8 Å². The van der Waals surface area contributed by atoms with Crippen LogP contribution < -0.4 is 5.32 Å². The summed E-state index contributed by atoms with van der Waals surface area (Å²) in [5, 5.41) is 11.6. The second-order valence-electron chi connectivity index (χ2n) is 5.61. The number of carboxylic acid groups (broad SMARTS) is 1. The summed E-state index contributed by atoms with van der Waals surface area (Å²) in [5.74, 6) is -1.34. The Bertz CT molecular complexity index is 935. The van der Waals surface area contributed by atoms with Gasteiger partial charge in [-0.1, -0.05) is 24.0 Å². The molecule has 3 rings (SSSR count). The van der Waals surface area contributed by atoms with Gasteiger partial charge in [0.1, 0.15) is 16.1 Å². The van der Waals surface area contributed by atoms with Crippen LogP contribution >= 0.6 is 24.0 Å². The van der Waals surface area contributed by atoms with E-state index < -0.39 is 17.9 Å². The molecule has 27 heavy (non-hydrogen) atoms. The number of hydrogen-bond donors (Lipinski definition) is 2. The number of furan rings is 1. The summed E-state index contributed by atoms with van der Waals surface area (Å²) in [6.07, 6.45) is 3.08. The lowest BCUT2D eigenvalue weighted by Crippen LogP contribution is -2.44. The van der Waals surface area contributed by atoms with E-state index in [0.29, 0.717) is 16.4 Å². The highest BCUT2D eigenvalue weighted by Gasteiger charge is 2.38. The first kappa shape index (κ1) is 18.9. The number of aromatic carboxylic acids is 1. The largest absolute Gasteiger partial charge is 0.478 e. The quantitative estimate of drug-likeness (QED) is 0.585. The lowest BCUT2D eigenvalue weighted by molar-refractivity contribution is -0.129. The maximum Gasteiger partial charge on any atom is 0.335 e. The number of carbonyl (C=O) groups is 3. The van der Waals surface area contributed by atoms with Gasteiger partial charge in [-0.15, -0.1) is 0 Å². The lowest BCUT2D eigenvalue weighted by atomic mass is 10.2. The molecule has 2 aromatic rings. The first-order chi connectivity index (χ1) is 12.9. The van der Waals surface area contributed by atoms with Gasteiger partial charge in [-0.3, -0.25) is 14.5 Å². The summed E-state index contributed by atoms with van der Waals surface area (Å²) in [7, 11) is 0. The van der Waals surface area contributed by atoms with Crippen LogP contribution in [0.25, 0.3) is 6.08 Å². The summed E-state index contributed by atoms with van der Waals surface area (Å²) < 4.78 is 5.48. The fourth-order valence-electron chi connectivity index (χ4n) is 2.38. The SMILES string of the molecule is C[C@H](C(=O)Nc1ccc(C(=O)O)cc1)N1C(=O)/C(=C\c2ccco2)SC1=S. The van der Waals surface area contributed by atoms with Crippen LogP contribution in [0.2, 0.25) is 0 Å². The molecule has 0 radical (unpaired) electrons. The first-order valence-corrected chi connectivity index (χ1v) is 9.04. The number of nitrogens with zero attached hydrogens (tertiary/aromatic N) is 1. The van der Waals surface area contributed by atoms with Gasteiger partial charge < -0.3 is 14.8 Å². The van der Waals surface area contributed by atoms with Crippen LogP contribution in [0.4, 0.5) is 5.69 Å². The van der Waals surface area contributed by atoms with E-state index in [1.807, 2.05) is 0 Å². The summed E-state index contributed by atoms with van der Waals surface area (Å²) in [6, 6.07) is 8.31. The van der Waals surface area contributed by atoms with E-state index in [4.69, 9.17) is 21.7 Å². The third-order valence-electron chi connectivity index (χ3n) is 3.81. The van der Waals surface area contributed by atoms with E-state index in [1.165, 1.54) is 35.4 Å². The molecule has 0 aliphatic carbocycles. The third kappa shape index (κ3) is 4.09. The highest BCUT2D eigenvalue weighted by molar-refractivity contribution is 8.26. The number of thiocarbonyl (C=S) groups is 1. The van der Waals surface area contributed by atoms with Crippen LogP contribution in [0.3, 0.4) is 0 Å². The molecule has 0 spiro atoms. The van der Waals surface area contributed by atoms with Crippen LogP contribution in [0.15, 0.2) is 52.0 Å².